The van der Waals surface area contributed by atoms with Gasteiger partial charge in [-0.3, -0.25) is 0 Å². The largest absolute Gasteiger partial charge is 0.543 e. The fourth-order valence-electron chi connectivity index (χ4n) is 7.75. The lowest BCUT2D eigenvalue weighted by Crippen LogP contribution is -2.51. The molecule has 6 heteroatoms. The minimum absolute atomic E-state index is 0.0344. The molecular formula is C28H39NO4Si. The summed E-state index contributed by atoms with van der Waals surface area (Å²) >= 11 is 0. The number of benzene rings is 1. The number of fused-ring (bicyclic) bond motifs is 3. The van der Waals surface area contributed by atoms with E-state index >= 15 is 0 Å². The van der Waals surface area contributed by atoms with Gasteiger partial charge in [-0.15, -0.1) is 0 Å². The van der Waals surface area contributed by atoms with Crippen molar-refractivity contribution in [3.05, 3.63) is 41.2 Å². The Balaban J connectivity index is 1.56. The zero-order valence-electron chi connectivity index (χ0n) is 21.5. The molecular weight excluding hydrogens is 442 g/mol. The second kappa shape index (κ2) is 8.39. The van der Waals surface area contributed by atoms with Gasteiger partial charge in [0, 0.05) is 24.3 Å². The fourth-order valence-corrected chi connectivity index (χ4v) is 13.0. The minimum atomic E-state index is -2.06. The molecule has 0 N–H and O–H groups in total. The molecule has 1 spiro atoms. The summed E-state index contributed by atoms with van der Waals surface area (Å²) in [5, 5.41) is 10.7. The zero-order chi connectivity index (χ0) is 24.3. The van der Waals surface area contributed by atoms with Gasteiger partial charge in [0.05, 0.1) is 31.0 Å². The van der Waals surface area contributed by atoms with Gasteiger partial charge in [-0.1, -0.05) is 47.6 Å². The molecule has 2 aliphatic heterocycles. The van der Waals surface area contributed by atoms with E-state index in [0.717, 1.165) is 42.6 Å². The lowest BCUT2D eigenvalue weighted by molar-refractivity contribution is -0.134. The first-order valence-corrected chi connectivity index (χ1v) is 15.2. The van der Waals surface area contributed by atoms with Gasteiger partial charge in [-0.25, -0.2) is 0 Å². The van der Waals surface area contributed by atoms with Gasteiger partial charge in [0.15, 0.2) is 5.79 Å². The van der Waals surface area contributed by atoms with Crippen molar-refractivity contribution in [2.24, 2.45) is 5.92 Å². The number of rotatable bonds is 5. The highest BCUT2D eigenvalue weighted by atomic mass is 28.4. The molecule has 2 fully saturated rings. The molecule has 0 aromatic heterocycles. The van der Waals surface area contributed by atoms with Crippen LogP contribution < -0.4 is 4.43 Å². The molecule has 2 heterocycles. The average Bonchev–Trinajstić information content (AvgIpc) is 3.40. The Morgan fingerprint density at radius 3 is 2.32 bits per heavy atom. The van der Waals surface area contributed by atoms with Gasteiger partial charge in [0.2, 0.25) is 0 Å². The van der Waals surface area contributed by atoms with E-state index in [0.29, 0.717) is 29.8 Å². The van der Waals surface area contributed by atoms with Crippen LogP contribution in [0.25, 0.3) is 0 Å². The van der Waals surface area contributed by atoms with Crippen LogP contribution in [0.4, 0.5) is 0 Å². The van der Waals surface area contributed by atoms with Crippen LogP contribution >= 0.6 is 0 Å². The van der Waals surface area contributed by atoms with Crippen molar-refractivity contribution >= 4 is 8.32 Å². The van der Waals surface area contributed by atoms with Crippen LogP contribution in [0.5, 0.6) is 5.75 Å². The molecule has 5 nitrogen and oxygen atoms in total. The van der Waals surface area contributed by atoms with Crippen LogP contribution in [0, 0.1) is 17.2 Å². The first-order chi connectivity index (χ1) is 16.2. The summed E-state index contributed by atoms with van der Waals surface area (Å²) in [6, 6.07) is 9.29. The smallest absolute Gasteiger partial charge is 0.258 e. The van der Waals surface area contributed by atoms with Crippen LogP contribution in [0.3, 0.4) is 0 Å². The zero-order valence-corrected chi connectivity index (χ0v) is 22.5. The van der Waals surface area contributed by atoms with E-state index in [9.17, 15) is 5.26 Å². The Morgan fingerprint density at radius 1 is 1.03 bits per heavy atom. The van der Waals surface area contributed by atoms with E-state index in [1.54, 1.807) is 0 Å². The molecule has 1 aromatic rings. The van der Waals surface area contributed by atoms with Crippen molar-refractivity contribution in [3.8, 4) is 11.8 Å². The van der Waals surface area contributed by atoms with Crippen molar-refractivity contribution in [1.82, 2.24) is 0 Å². The third-order valence-corrected chi connectivity index (χ3v) is 15.1. The molecule has 184 valence electrons. The summed E-state index contributed by atoms with van der Waals surface area (Å²) in [5.74, 6) is 0.204. The average molecular weight is 482 g/mol. The summed E-state index contributed by atoms with van der Waals surface area (Å²) < 4.78 is 25.6. The van der Waals surface area contributed by atoms with Crippen LogP contribution in [-0.2, 0) is 26.0 Å². The monoisotopic (exact) mass is 481 g/mol. The quantitative estimate of drug-likeness (QED) is 0.456. The summed E-state index contributed by atoms with van der Waals surface area (Å²) in [4.78, 5) is 0. The predicted octanol–water partition coefficient (Wildman–Crippen LogP) is 6.38. The van der Waals surface area contributed by atoms with Crippen LogP contribution in [0.1, 0.15) is 71.9 Å². The number of ether oxygens (including phenoxy) is 3. The molecule has 0 radical (unpaired) electrons. The first-order valence-electron chi connectivity index (χ1n) is 13.1. The number of hydrogen-bond acceptors (Lipinski definition) is 5. The summed E-state index contributed by atoms with van der Waals surface area (Å²) in [5.41, 5.74) is 4.26. The minimum Gasteiger partial charge on any atom is -0.543 e. The SMILES string of the molecule is CC(C)[Si](Oc1ccc2c(c1)C[C@H]1OC=C3[C@H]1[C@@]2(C#N)CCCC31OCCO1)(C(C)C)C(C)C. The topological polar surface area (TPSA) is 60.7 Å². The highest BCUT2D eigenvalue weighted by Gasteiger charge is 2.61. The van der Waals surface area contributed by atoms with Crippen LogP contribution in [0.2, 0.25) is 16.6 Å². The Labute approximate surface area is 205 Å². The molecule has 4 aliphatic rings. The molecule has 1 saturated heterocycles. The first kappa shape index (κ1) is 23.9. The van der Waals surface area contributed by atoms with Crippen molar-refractivity contribution < 1.29 is 18.6 Å². The molecule has 3 atom stereocenters. The Kier molecular flexibility index (Phi) is 5.90. The molecule has 34 heavy (non-hydrogen) atoms. The van der Waals surface area contributed by atoms with E-state index in [-0.39, 0.29) is 12.0 Å². The highest BCUT2D eigenvalue weighted by molar-refractivity contribution is 6.78. The van der Waals surface area contributed by atoms with E-state index in [1.165, 1.54) is 5.56 Å². The van der Waals surface area contributed by atoms with Crippen LogP contribution in [-0.4, -0.2) is 33.4 Å². The second-order valence-corrected chi connectivity index (χ2v) is 16.9. The highest BCUT2D eigenvalue weighted by Crippen LogP contribution is 2.58. The van der Waals surface area contributed by atoms with Gasteiger partial charge in [0.1, 0.15) is 11.9 Å². The van der Waals surface area contributed by atoms with E-state index in [1.807, 2.05) is 6.26 Å². The molecule has 0 unspecified atom stereocenters. The second-order valence-electron chi connectivity index (χ2n) is 11.6. The van der Waals surface area contributed by atoms with Crippen molar-refractivity contribution in [1.29, 1.82) is 5.26 Å². The number of hydrogen-bond donors (Lipinski definition) is 0. The van der Waals surface area contributed by atoms with E-state index in [2.05, 4.69) is 65.8 Å². The normalized spacial score (nSPS) is 29.5. The lowest BCUT2D eigenvalue weighted by Gasteiger charge is -2.44. The fraction of sp³-hybridized carbons (Fsp3) is 0.679. The van der Waals surface area contributed by atoms with Crippen LogP contribution in [0.15, 0.2) is 30.0 Å². The van der Waals surface area contributed by atoms with Gasteiger partial charge in [-0.05, 0) is 52.7 Å². The molecule has 2 aliphatic carbocycles. The van der Waals surface area contributed by atoms with Crippen molar-refractivity contribution in [2.75, 3.05) is 13.2 Å². The molecule has 0 amide bonds. The maximum absolute atomic E-state index is 10.7. The molecule has 0 bridgehead atoms. The van der Waals surface area contributed by atoms with Gasteiger partial charge in [-0.2, -0.15) is 5.26 Å². The van der Waals surface area contributed by atoms with E-state index in [4.69, 9.17) is 18.6 Å². The summed E-state index contributed by atoms with van der Waals surface area (Å²) in [7, 11) is -2.06. The summed E-state index contributed by atoms with van der Waals surface area (Å²) in [6.07, 6.45) is 5.01. The number of nitrogens with zero attached hydrogens (tertiary/aromatic N) is 1. The predicted molar refractivity (Wildman–Crippen MR) is 134 cm³/mol. The third kappa shape index (κ3) is 3.23. The molecule has 5 rings (SSSR count). The van der Waals surface area contributed by atoms with Crippen molar-refractivity contribution in [2.45, 2.75) is 101 Å². The van der Waals surface area contributed by atoms with Gasteiger partial charge >= 0.3 is 0 Å². The number of nitriles is 1. The Morgan fingerprint density at radius 2 is 1.71 bits per heavy atom. The standard InChI is InChI=1S/C28H39NO4Si/c1-18(2)34(19(3)4,20(5)6)33-22-8-9-23-21(14-22)15-25-26-24(16-30-25)28(31-12-13-32-28)11-7-10-27(23,26)17-29/h8-9,14,16,18-20,25-26H,7,10-13,15H2,1-6H3/t25-,26-,27-/m1/s1. The maximum atomic E-state index is 10.7. The third-order valence-electron chi connectivity index (χ3n) is 9.06. The maximum Gasteiger partial charge on any atom is 0.258 e. The molecule has 1 saturated carbocycles. The Bertz CT molecular complexity index is 998. The lowest BCUT2D eigenvalue weighted by atomic mass is 9.59. The molecule has 1 aromatic carbocycles. The summed E-state index contributed by atoms with van der Waals surface area (Å²) in [6.45, 7) is 15.1. The van der Waals surface area contributed by atoms with Gasteiger partial charge in [0.25, 0.3) is 8.32 Å². The van der Waals surface area contributed by atoms with Gasteiger partial charge < -0.3 is 18.6 Å². The Hall–Kier alpha value is -1.81. The van der Waals surface area contributed by atoms with E-state index < -0.39 is 19.5 Å². The van der Waals surface area contributed by atoms with Crippen molar-refractivity contribution in [3.63, 3.8) is 0 Å².